The van der Waals surface area contributed by atoms with Crippen molar-refractivity contribution in [1.29, 1.82) is 0 Å². The molecule has 2 N–H and O–H groups in total. The summed E-state index contributed by atoms with van der Waals surface area (Å²) in [7, 11) is 0. The van der Waals surface area contributed by atoms with Crippen molar-refractivity contribution in [2.24, 2.45) is 0 Å². The van der Waals surface area contributed by atoms with E-state index < -0.39 is 17.3 Å². The minimum absolute atomic E-state index is 0.127. The van der Waals surface area contributed by atoms with Crippen LogP contribution in [0.25, 0.3) is 17.0 Å². The van der Waals surface area contributed by atoms with Gasteiger partial charge in [0.25, 0.3) is 5.91 Å². The topological polar surface area (TPSA) is 96.6 Å². The van der Waals surface area contributed by atoms with Crippen molar-refractivity contribution in [3.63, 3.8) is 0 Å². The summed E-state index contributed by atoms with van der Waals surface area (Å²) in [4.78, 5) is 35.7. The molecule has 0 radical (unpaired) electrons. The van der Waals surface area contributed by atoms with E-state index in [4.69, 9.17) is 9.52 Å². The molecule has 1 heterocycles. The van der Waals surface area contributed by atoms with Gasteiger partial charge in [0, 0.05) is 11.8 Å². The molecule has 130 valence electrons. The Hall–Kier alpha value is -3.67. The number of nitrogens with one attached hydrogen (secondary N) is 1. The van der Waals surface area contributed by atoms with Gasteiger partial charge in [0.05, 0.1) is 5.39 Å². The molecule has 0 saturated heterocycles. The molecule has 0 unspecified atom stereocenters. The number of amides is 1. The van der Waals surface area contributed by atoms with Crippen LogP contribution >= 0.6 is 0 Å². The van der Waals surface area contributed by atoms with Crippen molar-refractivity contribution in [3.8, 4) is 0 Å². The largest absolute Gasteiger partial charge is 0.478 e. The Morgan fingerprint density at radius 2 is 1.85 bits per heavy atom. The number of carbonyl (C=O) groups is 2. The number of aryl methyl sites for hydroxylation is 1. The Morgan fingerprint density at radius 1 is 1.12 bits per heavy atom. The third kappa shape index (κ3) is 3.70. The number of carboxylic acids is 1. The summed E-state index contributed by atoms with van der Waals surface area (Å²) in [5.41, 5.74) is 1.84. The van der Waals surface area contributed by atoms with Crippen LogP contribution < -0.4 is 10.7 Å². The second kappa shape index (κ2) is 7.06. The fraction of sp³-hybridized carbons (Fsp3) is 0.0500. The smallest absolute Gasteiger partial charge is 0.328 e. The van der Waals surface area contributed by atoms with Crippen molar-refractivity contribution in [1.82, 2.24) is 0 Å². The SMILES string of the molecule is Cc1ccc(NC(=O)c2coc3ccc(/C=C/C(=O)O)cc3c2=O)cc1. The molecule has 0 fully saturated rings. The zero-order valence-corrected chi connectivity index (χ0v) is 13.9. The minimum Gasteiger partial charge on any atom is -0.478 e. The van der Waals surface area contributed by atoms with Crippen molar-refractivity contribution >= 4 is 34.6 Å². The van der Waals surface area contributed by atoms with Crippen LogP contribution in [0.15, 0.2) is 64.0 Å². The van der Waals surface area contributed by atoms with Gasteiger partial charge in [-0.15, -0.1) is 0 Å². The van der Waals surface area contributed by atoms with E-state index in [2.05, 4.69) is 5.32 Å². The van der Waals surface area contributed by atoms with E-state index in [1.54, 1.807) is 24.3 Å². The van der Waals surface area contributed by atoms with Crippen molar-refractivity contribution < 1.29 is 19.1 Å². The molecular weight excluding hydrogens is 334 g/mol. The first-order valence-corrected chi connectivity index (χ1v) is 7.78. The first-order valence-electron chi connectivity index (χ1n) is 7.78. The number of benzene rings is 2. The molecule has 26 heavy (non-hydrogen) atoms. The highest BCUT2D eigenvalue weighted by molar-refractivity contribution is 6.05. The van der Waals surface area contributed by atoms with Crippen LogP contribution in [-0.2, 0) is 4.79 Å². The van der Waals surface area contributed by atoms with Crippen LogP contribution in [0.5, 0.6) is 0 Å². The molecule has 0 aliphatic rings. The highest BCUT2D eigenvalue weighted by Crippen LogP contribution is 2.16. The van der Waals surface area contributed by atoms with Gasteiger partial charge in [-0.2, -0.15) is 0 Å². The molecule has 6 heteroatoms. The highest BCUT2D eigenvalue weighted by atomic mass is 16.4. The fourth-order valence-corrected chi connectivity index (χ4v) is 2.41. The van der Waals surface area contributed by atoms with Gasteiger partial charge in [-0.3, -0.25) is 9.59 Å². The van der Waals surface area contributed by atoms with Gasteiger partial charge in [0.15, 0.2) is 0 Å². The molecule has 1 aromatic heterocycles. The number of hydrogen-bond acceptors (Lipinski definition) is 4. The Morgan fingerprint density at radius 3 is 2.54 bits per heavy atom. The predicted molar refractivity (Wildman–Crippen MR) is 98.3 cm³/mol. The van der Waals surface area contributed by atoms with Crippen molar-refractivity contribution in [2.75, 3.05) is 5.32 Å². The quantitative estimate of drug-likeness (QED) is 0.703. The third-order valence-electron chi connectivity index (χ3n) is 3.77. The van der Waals surface area contributed by atoms with Gasteiger partial charge in [0.1, 0.15) is 17.4 Å². The second-order valence-corrected chi connectivity index (χ2v) is 5.73. The molecule has 0 aliphatic heterocycles. The molecule has 0 saturated carbocycles. The summed E-state index contributed by atoms with van der Waals surface area (Å²) >= 11 is 0. The lowest BCUT2D eigenvalue weighted by molar-refractivity contribution is -0.131. The summed E-state index contributed by atoms with van der Waals surface area (Å²) in [6.45, 7) is 1.93. The molecule has 2 aromatic carbocycles. The lowest BCUT2D eigenvalue weighted by atomic mass is 10.1. The highest BCUT2D eigenvalue weighted by Gasteiger charge is 2.15. The minimum atomic E-state index is -1.09. The van der Waals surface area contributed by atoms with E-state index >= 15 is 0 Å². The first-order chi connectivity index (χ1) is 12.4. The van der Waals surface area contributed by atoms with Gasteiger partial charge in [-0.1, -0.05) is 23.8 Å². The third-order valence-corrected chi connectivity index (χ3v) is 3.77. The molecule has 0 spiro atoms. The standard InChI is InChI=1S/C20H15NO5/c1-12-2-6-14(7-3-12)21-20(25)16-11-26-17-8-4-13(5-9-18(22)23)10-15(17)19(16)24/h2-11H,1H3,(H,21,25)(H,22,23)/b9-5+. The summed E-state index contributed by atoms with van der Waals surface area (Å²) in [5.74, 6) is -1.67. The molecule has 0 bridgehead atoms. The molecular formula is C20H15NO5. The lowest BCUT2D eigenvalue weighted by Crippen LogP contribution is -2.21. The maximum Gasteiger partial charge on any atom is 0.328 e. The van der Waals surface area contributed by atoms with E-state index in [1.165, 1.54) is 12.1 Å². The van der Waals surface area contributed by atoms with E-state index in [0.29, 0.717) is 16.8 Å². The maximum absolute atomic E-state index is 12.6. The van der Waals surface area contributed by atoms with Gasteiger partial charge in [0.2, 0.25) is 5.43 Å². The first kappa shape index (κ1) is 17.2. The zero-order valence-electron chi connectivity index (χ0n) is 13.9. The van der Waals surface area contributed by atoms with Crippen LogP contribution in [0.4, 0.5) is 5.69 Å². The lowest BCUT2D eigenvalue weighted by Gasteiger charge is -2.06. The van der Waals surface area contributed by atoms with Crippen LogP contribution in [0.1, 0.15) is 21.5 Å². The summed E-state index contributed by atoms with van der Waals surface area (Å²) < 4.78 is 5.38. The van der Waals surface area contributed by atoms with Gasteiger partial charge >= 0.3 is 5.97 Å². The van der Waals surface area contributed by atoms with Crippen LogP contribution in [-0.4, -0.2) is 17.0 Å². The Balaban J connectivity index is 1.96. The maximum atomic E-state index is 12.6. The molecule has 3 rings (SSSR count). The van der Waals surface area contributed by atoms with Crippen LogP contribution in [0.2, 0.25) is 0 Å². The number of aliphatic carboxylic acids is 1. The van der Waals surface area contributed by atoms with Gasteiger partial charge in [-0.05, 0) is 42.8 Å². The van der Waals surface area contributed by atoms with Crippen LogP contribution in [0, 0.1) is 6.92 Å². The number of anilines is 1. The van der Waals surface area contributed by atoms with E-state index in [9.17, 15) is 14.4 Å². The summed E-state index contributed by atoms with van der Waals surface area (Å²) in [5, 5.41) is 11.6. The fourth-order valence-electron chi connectivity index (χ4n) is 2.41. The summed E-state index contributed by atoms with van der Waals surface area (Å²) in [6, 6.07) is 11.8. The van der Waals surface area contributed by atoms with E-state index in [0.717, 1.165) is 17.9 Å². The van der Waals surface area contributed by atoms with Gasteiger partial charge < -0.3 is 14.8 Å². The normalized spacial score (nSPS) is 11.0. The van der Waals surface area contributed by atoms with Crippen LogP contribution in [0.3, 0.4) is 0 Å². The van der Waals surface area contributed by atoms with Crippen molar-refractivity contribution in [3.05, 3.63) is 81.7 Å². The number of fused-ring (bicyclic) bond motifs is 1. The van der Waals surface area contributed by atoms with E-state index in [1.807, 2.05) is 19.1 Å². The average molecular weight is 349 g/mol. The molecule has 1 amide bonds. The Bertz CT molecular complexity index is 1080. The number of rotatable bonds is 4. The monoisotopic (exact) mass is 349 g/mol. The Labute approximate surface area is 148 Å². The second-order valence-electron chi connectivity index (χ2n) is 5.73. The van der Waals surface area contributed by atoms with Crippen molar-refractivity contribution in [2.45, 2.75) is 6.92 Å². The average Bonchev–Trinajstić information content (AvgIpc) is 2.62. The number of carboxylic acid groups (broad SMARTS) is 1. The van der Waals surface area contributed by atoms with E-state index in [-0.39, 0.29) is 10.9 Å². The zero-order chi connectivity index (χ0) is 18.7. The molecule has 3 aromatic rings. The molecule has 0 aliphatic carbocycles. The number of carbonyl (C=O) groups excluding carboxylic acids is 1. The molecule has 6 nitrogen and oxygen atoms in total. The predicted octanol–water partition coefficient (Wildman–Crippen LogP) is 3.45. The van der Waals surface area contributed by atoms with Gasteiger partial charge in [-0.25, -0.2) is 4.79 Å². The summed E-state index contributed by atoms with van der Waals surface area (Å²) in [6.07, 6.45) is 3.46. The molecule has 0 atom stereocenters. The Kier molecular flexibility index (Phi) is 4.66. The number of hydrogen-bond donors (Lipinski definition) is 2.